The number of carbonyl (C=O) groups is 1. The van der Waals surface area contributed by atoms with Gasteiger partial charge in [-0.05, 0) is 31.9 Å². The third kappa shape index (κ3) is 4.98. The summed E-state index contributed by atoms with van der Waals surface area (Å²) >= 11 is 0. The van der Waals surface area contributed by atoms with Gasteiger partial charge in [0.25, 0.3) is 0 Å². The summed E-state index contributed by atoms with van der Waals surface area (Å²) in [5.41, 5.74) is 2.70. The number of carbonyl (C=O) groups excluding carboxylic acids is 1. The van der Waals surface area contributed by atoms with Crippen molar-refractivity contribution >= 4 is 12.2 Å². The van der Waals surface area contributed by atoms with Crippen LogP contribution < -0.4 is 5.32 Å². The van der Waals surface area contributed by atoms with Crippen LogP contribution in [0.3, 0.4) is 0 Å². The smallest absolute Gasteiger partial charge is 0.407 e. The fraction of sp³-hybridized carbons (Fsp3) is 0.333. The number of hydrogen-bond acceptors (Lipinski definition) is 3. The van der Waals surface area contributed by atoms with Crippen LogP contribution in [0.25, 0.3) is 17.2 Å². The van der Waals surface area contributed by atoms with E-state index >= 15 is 0 Å². The molecule has 0 aliphatic heterocycles. The maximum Gasteiger partial charge on any atom is 0.407 e. The molecule has 0 bridgehead atoms. The summed E-state index contributed by atoms with van der Waals surface area (Å²) in [5.74, 6) is 0. The lowest BCUT2D eigenvalue weighted by molar-refractivity contribution is 0.0525. The summed E-state index contributed by atoms with van der Waals surface area (Å²) in [6.07, 6.45) is 5.19. The topological polar surface area (TPSA) is 56.2 Å². The van der Waals surface area contributed by atoms with Crippen molar-refractivity contribution in [2.24, 2.45) is 0 Å². The van der Waals surface area contributed by atoms with Crippen LogP contribution in [0.5, 0.6) is 0 Å². The summed E-state index contributed by atoms with van der Waals surface area (Å²) in [6.45, 7) is 10.4. The van der Waals surface area contributed by atoms with Gasteiger partial charge >= 0.3 is 6.09 Å². The second kappa shape index (κ2) is 7.13. The Hall–Kier alpha value is -2.56. The number of benzene rings is 1. The minimum absolute atomic E-state index is 0.415. The second-order valence-electron chi connectivity index (χ2n) is 6.21. The molecule has 23 heavy (non-hydrogen) atoms. The number of nitrogens with one attached hydrogen (secondary N) is 1. The van der Waals surface area contributed by atoms with Gasteiger partial charge in [-0.15, -0.1) is 0 Å². The lowest BCUT2D eigenvalue weighted by Crippen LogP contribution is -2.34. The molecule has 1 amide bonds. The van der Waals surface area contributed by atoms with E-state index in [1.165, 1.54) is 0 Å². The average Bonchev–Trinajstić information content (AvgIpc) is 2.94. The molecule has 0 saturated heterocycles. The Kier molecular flexibility index (Phi) is 5.21. The molecule has 5 nitrogen and oxygen atoms in total. The highest BCUT2D eigenvalue weighted by atomic mass is 16.6. The molecule has 5 heteroatoms. The van der Waals surface area contributed by atoms with E-state index in [4.69, 9.17) is 4.74 Å². The Balaban J connectivity index is 1.93. The molecule has 0 aliphatic carbocycles. The summed E-state index contributed by atoms with van der Waals surface area (Å²) in [7, 11) is 0. The molecule has 1 N–H and O–H groups in total. The zero-order valence-corrected chi connectivity index (χ0v) is 13.9. The first kappa shape index (κ1) is 16.8. The van der Waals surface area contributed by atoms with Crippen LogP contribution >= 0.6 is 0 Å². The van der Waals surface area contributed by atoms with Crippen molar-refractivity contribution in [2.75, 3.05) is 6.54 Å². The molecule has 0 spiro atoms. The van der Waals surface area contributed by atoms with Gasteiger partial charge in [0.2, 0.25) is 0 Å². The molecule has 0 radical (unpaired) electrons. The summed E-state index contributed by atoms with van der Waals surface area (Å²) in [5, 5.41) is 7.05. The zero-order chi connectivity index (χ0) is 16.9. The first-order chi connectivity index (χ1) is 10.9. The number of ether oxygens (including phenoxy) is 1. The highest BCUT2D eigenvalue weighted by Crippen LogP contribution is 2.23. The molecule has 0 aliphatic rings. The van der Waals surface area contributed by atoms with Crippen molar-refractivity contribution < 1.29 is 9.53 Å². The van der Waals surface area contributed by atoms with Crippen LogP contribution in [0, 0.1) is 0 Å². The van der Waals surface area contributed by atoms with Gasteiger partial charge < -0.3 is 10.1 Å². The fourth-order valence-electron chi connectivity index (χ4n) is 2.15. The zero-order valence-electron chi connectivity index (χ0n) is 13.9. The Morgan fingerprint density at radius 1 is 1.39 bits per heavy atom. The Morgan fingerprint density at radius 2 is 2.13 bits per heavy atom. The van der Waals surface area contributed by atoms with E-state index in [0.29, 0.717) is 13.1 Å². The van der Waals surface area contributed by atoms with E-state index in [-0.39, 0.29) is 0 Å². The van der Waals surface area contributed by atoms with Gasteiger partial charge in [0.1, 0.15) is 5.60 Å². The van der Waals surface area contributed by atoms with E-state index in [2.05, 4.69) is 17.0 Å². The van der Waals surface area contributed by atoms with Crippen LogP contribution in [0.4, 0.5) is 4.79 Å². The van der Waals surface area contributed by atoms with E-state index in [1.54, 1.807) is 4.68 Å². The molecule has 1 heterocycles. The SMILES string of the molecule is C=Cc1ccccc1-c1cnn(CCNC(=O)OC(C)(C)C)c1. The minimum atomic E-state index is -0.489. The Morgan fingerprint density at radius 3 is 2.83 bits per heavy atom. The predicted octanol–water partition coefficient (Wildman–Crippen LogP) is 3.72. The van der Waals surface area contributed by atoms with Crippen LogP contribution in [0.15, 0.2) is 43.2 Å². The standard InChI is InChI=1S/C18H23N3O2/c1-5-14-8-6-7-9-16(14)15-12-20-21(13-15)11-10-19-17(22)23-18(2,3)4/h5-9,12-13H,1,10-11H2,2-4H3,(H,19,22). The summed E-state index contributed by atoms with van der Waals surface area (Å²) in [4.78, 5) is 11.6. The molecule has 2 rings (SSSR count). The van der Waals surface area contributed by atoms with Gasteiger partial charge in [-0.3, -0.25) is 4.68 Å². The fourth-order valence-corrected chi connectivity index (χ4v) is 2.15. The normalized spacial score (nSPS) is 11.1. The van der Waals surface area contributed by atoms with Crippen molar-refractivity contribution in [3.05, 3.63) is 48.8 Å². The Bertz CT molecular complexity index is 684. The Labute approximate surface area is 137 Å². The molecule has 1 aromatic heterocycles. The lowest BCUT2D eigenvalue weighted by Gasteiger charge is -2.19. The van der Waals surface area contributed by atoms with E-state index in [0.717, 1.165) is 16.7 Å². The quantitative estimate of drug-likeness (QED) is 0.915. The van der Waals surface area contributed by atoms with E-state index in [1.807, 2.05) is 63.5 Å². The van der Waals surface area contributed by atoms with Crippen molar-refractivity contribution in [2.45, 2.75) is 32.9 Å². The predicted molar refractivity (Wildman–Crippen MR) is 92.0 cm³/mol. The van der Waals surface area contributed by atoms with Crippen LogP contribution in [-0.4, -0.2) is 28.0 Å². The number of hydrogen-bond donors (Lipinski definition) is 1. The second-order valence-corrected chi connectivity index (χ2v) is 6.21. The van der Waals surface area contributed by atoms with Crippen LogP contribution in [0.2, 0.25) is 0 Å². The highest BCUT2D eigenvalue weighted by molar-refractivity contribution is 5.73. The summed E-state index contributed by atoms with van der Waals surface area (Å²) in [6, 6.07) is 8.03. The van der Waals surface area contributed by atoms with Crippen molar-refractivity contribution in [3.8, 4) is 11.1 Å². The monoisotopic (exact) mass is 313 g/mol. The number of alkyl carbamates (subject to hydrolysis) is 1. The molecule has 0 atom stereocenters. The lowest BCUT2D eigenvalue weighted by atomic mass is 10.0. The molecular formula is C18H23N3O2. The number of rotatable bonds is 5. The van der Waals surface area contributed by atoms with Crippen LogP contribution in [-0.2, 0) is 11.3 Å². The molecule has 0 unspecified atom stereocenters. The first-order valence-corrected chi connectivity index (χ1v) is 7.60. The molecule has 122 valence electrons. The minimum Gasteiger partial charge on any atom is -0.444 e. The van der Waals surface area contributed by atoms with Gasteiger partial charge in [0, 0.05) is 18.3 Å². The third-order valence-electron chi connectivity index (χ3n) is 3.13. The molecule has 2 aromatic rings. The van der Waals surface area contributed by atoms with Gasteiger partial charge in [-0.1, -0.05) is 36.9 Å². The number of aromatic nitrogens is 2. The largest absolute Gasteiger partial charge is 0.444 e. The van der Waals surface area contributed by atoms with Gasteiger partial charge in [0.05, 0.1) is 12.7 Å². The van der Waals surface area contributed by atoms with E-state index in [9.17, 15) is 4.79 Å². The van der Waals surface area contributed by atoms with Crippen LogP contribution in [0.1, 0.15) is 26.3 Å². The molecule has 0 saturated carbocycles. The van der Waals surface area contributed by atoms with Gasteiger partial charge in [-0.25, -0.2) is 4.79 Å². The first-order valence-electron chi connectivity index (χ1n) is 7.60. The third-order valence-corrected chi connectivity index (χ3v) is 3.13. The summed E-state index contributed by atoms with van der Waals surface area (Å²) < 4.78 is 6.99. The van der Waals surface area contributed by atoms with Crippen molar-refractivity contribution in [1.82, 2.24) is 15.1 Å². The van der Waals surface area contributed by atoms with Gasteiger partial charge in [-0.2, -0.15) is 5.10 Å². The molecule has 0 fully saturated rings. The number of amides is 1. The van der Waals surface area contributed by atoms with E-state index < -0.39 is 11.7 Å². The van der Waals surface area contributed by atoms with Gasteiger partial charge in [0.15, 0.2) is 0 Å². The molecular weight excluding hydrogens is 290 g/mol. The van der Waals surface area contributed by atoms with Crippen molar-refractivity contribution in [1.29, 1.82) is 0 Å². The average molecular weight is 313 g/mol. The number of nitrogens with zero attached hydrogens (tertiary/aromatic N) is 2. The maximum absolute atomic E-state index is 11.6. The van der Waals surface area contributed by atoms with Crippen molar-refractivity contribution in [3.63, 3.8) is 0 Å². The maximum atomic E-state index is 11.6. The molecule has 1 aromatic carbocycles. The highest BCUT2D eigenvalue weighted by Gasteiger charge is 2.15.